The molecule has 1 aromatic heterocycles. The Balaban J connectivity index is 1.74. The van der Waals surface area contributed by atoms with Gasteiger partial charge >= 0.3 is 0 Å². The summed E-state index contributed by atoms with van der Waals surface area (Å²) in [7, 11) is 0. The molecule has 0 unspecified atom stereocenters. The van der Waals surface area contributed by atoms with Crippen LogP contribution in [0.5, 0.6) is 5.75 Å². The predicted molar refractivity (Wildman–Crippen MR) is 133 cm³/mol. The van der Waals surface area contributed by atoms with Gasteiger partial charge in [0.1, 0.15) is 11.4 Å². The summed E-state index contributed by atoms with van der Waals surface area (Å²) < 4.78 is 5.56. The van der Waals surface area contributed by atoms with Crippen molar-refractivity contribution >= 4 is 23.1 Å². The molecule has 0 N–H and O–H groups in total. The zero-order chi connectivity index (χ0) is 24.1. The topological polar surface area (TPSA) is 62.7 Å². The van der Waals surface area contributed by atoms with Crippen LogP contribution in [-0.4, -0.2) is 41.4 Å². The van der Waals surface area contributed by atoms with E-state index in [0.29, 0.717) is 42.2 Å². The predicted octanol–water partition coefficient (Wildman–Crippen LogP) is 4.64. The van der Waals surface area contributed by atoms with E-state index in [1.54, 1.807) is 12.4 Å². The quantitative estimate of drug-likeness (QED) is 0.440. The molecule has 0 atom stereocenters. The number of benzene rings is 2. The molecule has 3 aromatic rings. The number of aryl methyl sites for hydroxylation is 1. The first-order valence-corrected chi connectivity index (χ1v) is 11.6. The number of nitrogens with zero attached hydrogens (tertiary/aromatic N) is 3. The van der Waals surface area contributed by atoms with Gasteiger partial charge in [-0.1, -0.05) is 29.8 Å². The van der Waals surface area contributed by atoms with Gasteiger partial charge in [0.25, 0.3) is 11.8 Å². The Kier molecular flexibility index (Phi) is 7.07. The standard InChI is InChI=1S/C28H29N3O3/c1-4-30(19-16-21-14-17-29-18-15-21)26-25(22-8-12-24(13-9-22)34-5-2)27(32)31(28(26)33)23-10-6-20(3)7-11-23/h6-15,17-18H,4-5,16,19H2,1-3H3. The van der Waals surface area contributed by atoms with Gasteiger partial charge in [-0.15, -0.1) is 0 Å². The number of anilines is 1. The molecule has 6 nitrogen and oxygen atoms in total. The van der Waals surface area contributed by atoms with E-state index >= 15 is 0 Å². The maximum absolute atomic E-state index is 13.7. The van der Waals surface area contributed by atoms with Crippen LogP contribution in [0.1, 0.15) is 30.5 Å². The number of likely N-dealkylation sites (N-methyl/N-ethyl adjacent to an activating group) is 1. The minimum atomic E-state index is -0.310. The van der Waals surface area contributed by atoms with Crippen molar-refractivity contribution in [3.8, 4) is 5.75 Å². The Morgan fingerprint density at radius 3 is 2.18 bits per heavy atom. The van der Waals surface area contributed by atoms with E-state index in [9.17, 15) is 9.59 Å². The summed E-state index contributed by atoms with van der Waals surface area (Å²) in [6, 6.07) is 18.8. The number of carbonyl (C=O) groups excluding carboxylic acids is 2. The SMILES string of the molecule is CCOc1ccc(C2=C(N(CC)CCc3ccncc3)C(=O)N(c3ccc(C)cc3)C2=O)cc1. The van der Waals surface area contributed by atoms with Crippen molar-refractivity contribution in [3.63, 3.8) is 0 Å². The summed E-state index contributed by atoms with van der Waals surface area (Å²) >= 11 is 0. The van der Waals surface area contributed by atoms with Crippen molar-refractivity contribution in [2.45, 2.75) is 27.2 Å². The zero-order valence-corrected chi connectivity index (χ0v) is 19.8. The van der Waals surface area contributed by atoms with Crippen LogP contribution in [0.15, 0.2) is 78.8 Å². The molecule has 0 fully saturated rings. The number of hydrogen-bond acceptors (Lipinski definition) is 5. The highest BCUT2D eigenvalue weighted by Crippen LogP contribution is 2.35. The highest BCUT2D eigenvalue weighted by Gasteiger charge is 2.42. The van der Waals surface area contributed by atoms with E-state index in [4.69, 9.17) is 4.74 Å². The molecule has 6 heteroatoms. The highest BCUT2D eigenvalue weighted by molar-refractivity contribution is 6.45. The molecule has 174 valence electrons. The normalized spacial score (nSPS) is 13.6. The molecular weight excluding hydrogens is 426 g/mol. The van der Waals surface area contributed by atoms with Gasteiger partial charge in [-0.25, -0.2) is 4.90 Å². The molecule has 0 saturated heterocycles. The highest BCUT2D eigenvalue weighted by atomic mass is 16.5. The van der Waals surface area contributed by atoms with E-state index in [2.05, 4.69) is 4.98 Å². The van der Waals surface area contributed by atoms with Crippen molar-refractivity contribution < 1.29 is 14.3 Å². The molecule has 0 aliphatic carbocycles. The van der Waals surface area contributed by atoms with E-state index in [1.807, 2.05) is 86.3 Å². The first kappa shape index (κ1) is 23.2. The van der Waals surface area contributed by atoms with E-state index in [-0.39, 0.29) is 11.8 Å². The average Bonchev–Trinajstić information content (AvgIpc) is 3.11. The molecule has 0 bridgehead atoms. The van der Waals surface area contributed by atoms with Crippen LogP contribution in [-0.2, 0) is 16.0 Å². The fourth-order valence-corrected chi connectivity index (χ4v) is 4.13. The molecule has 1 aliphatic heterocycles. The summed E-state index contributed by atoms with van der Waals surface area (Å²) in [6.07, 6.45) is 4.27. The van der Waals surface area contributed by atoms with Crippen LogP contribution >= 0.6 is 0 Å². The number of hydrogen-bond donors (Lipinski definition) is 0. The van der Waals surface area contributed by atoms with Crippen molar-refractivity contribution in [2.75, 3.05) is 24.6 Å². The third-order valence-corrected chi connectivity index (χ3v) is 5.92. The Bertz CT molecular complexity index is 1190. The molecule has 0 spiro atoms. The second-order valence-electron chi connectivity index (χ2n) is 8.15. The van der Waals surface area contributed by atoms with Gasteiger partial charge < -0.3 is 9.64 Å². The maximum atomic E-state index is 13.7. The van der Waals surface area contributed by atoms with Crippen molar-refractivity contribution in [1.29, 1.82) is 0 Å². The lowest BCUT2D eigenvalue weighted by Crippen LogP contribution is -2.36. The number of ether oxygens (including phenoxy) is 1. The Hall–Kier alpha value is -3.93. The number of imide groups is 1. The maximum Gasteiger partial charge on any atom is 0.282 e. The second-order valence-corrected chi connectivity index (χ2v) is 8.15. The first-order chi connectivity index (χ1) is 16.5. The summed E-state index contributed by atoms with van der Waals surface area (Å²) in [5, 5.41) is 0. The Morgan fingerprint density at radius 1 is 0.882 bits per heavy atom. The molecule has 34 heavy (non-hydrogen) atoms. The lowest BCUT2D eigenvalue weighted by Gasteiger charge is -2.25. The summed E-state index contributed by atoms with van der Waals surface area (Å²) in [5.41, 5.74) is 4.33. The Morgan fingerprint density at radius 2 is 1.56 bits per heavy atom. The van der Waals surface area contributed by atoms with Crippen LogP contribution in [0.2, 0.25) is 0 Å². The number of pyridine rings is 1. The number of rotatable bonds is 9. The monoisotopic (exact) mass is 455 g/mol. The van der Waals surface area contributed by atoms with Crippen molar-refractivity contribution in [1.82, 2.24) is 9.88 Å². The fraction of sp³-hybridized carbons (Fsp3) is 0.250. The van der Waals surface area contributed by atoms with Gasteiger partial charge in [0.15, 0.2) is 0 Å². The molecule has 0 radical (unpaired) electrons. The third kappa shape index (κ3) is 4.71. The lowest BCUT2D eigenvalue weighted by molar-refractivity contribution is -0.120. The summed E-state index contributed by atoms with van der Waals surface area (Å²) in [6.45, 7) is 7.67. The number of carbonyl (C=O) groups is 2. The van der Waals surface area contributed by atoms with Gasteiger partial charge in [-0.05, 0) is 74.7 Å². The van der Waals surface area contributed by atoms with E-state index in [0.717, 1.165) is 23.3 Å². The molecule has 1 aliphatic rings. The van der Waals surface area contributed by atoms with Gasteiger partial charge in [-0.3, -0.25) is 14.6 Å². The molecule has 2 amide bonds. The number of amides is 2. The minimum Gasteiger partial charge on any atom is -0.494 e. The Labute approximate surface area is 200 Å². The summed E-state index contributed by atoms with van der Waals surface area (Å²) in [4.78, 5) is 34.8. The molecule has 4 rings (SSSR count). The smallest absolute Gasteiger partial charge is 0.282 e. The molecular formula is C28H29N3O3. The molecule has 0 saturated carbocycles. The van der Waals surface area contributed by atoms with E-state index < -0.39 is 0 Å². The van der Waals surface area contributed by atoms with Gasteiger partial charge in [0, 0.05) is 25.5 Å². The molecule has 2 aromatic carbocycles. The molecule has 2 heterocycles. The van der Waals surface area contributed by atoms with Crippen LogP contribution in [0, 0.1) is 6.92 Å². The van der Waals surface area contributed by atoms with E-state index in [1.165, 1.54) is 4.90 Å². The summed E-state index contributed by atoms with van der Waals surface area (Å²) in [5.74, 6) is 0.121. The van der Waals surface area contributed by atoms with Gasteiger partial charge in [0.2, 0.25) is 0 Å². The van der Waals surface area contributed by atoms with Crippen LogP contribution in [0.3, 0.4) is 0 Å². The third-order valence-electron chi connectivity index (χ3n) is 5.92. The lowest BCUT2D eigenvalue weighted by atomic mass is 10.0. The fourth-order valence-electron chi connectivity index (χ4n) is 4.13. The van der Waals surface area contributed by atoms with Gasteiger partial charge in [0.05, 0.1) is 17.9 Å². The minimum absolute atomic E-state index is 0.297. The largest absolute Gasteiger partial charge is 0.494 e. The van der Waals surface area contributed by atoms with Crippen LogP contribution < -0.4 is 9.64 Å². The second kappa shape index (κ2) is 10.3. The average molecular weight is 456 g/mol. The van der Waals surface area contributed by atoms with Crippen LogP contribution in [0.25, 0.3) is 5.57 Å². The van der Waals surface area contributed by atoms with Crippen molar-refractivity contribution in [3.05, 3.63) is 95.4 Å². The first-order valence-electron chi connectivity index (χ1n) is 11.6. The van der Waals surface area contributed by atoms with Crippen LogP contribution in [0.4, 0.5) is 5.69 Å². The number of aromatic nitrogens is 1. The zero-order valence-electron chi connectivity index (χ0n) is 19.8. The van der Waals surface area contributed by atoms with Crippen molar-refractivity contribution in [2.24, 2.45) is 0 Å². The van der Waals surface area contributed by atoms with Gasteiger partial charge in [-0.2, -0.15) is 0 Å².